The predicted molar refractivity (Wildman–Crippen MR) is 79.3 cm³/mol. The fraction of sp³-hybridized carbons (Fsp3) is 0.500. The van der Waals surface area contributed by atoms with Gasteiger partial charge < -0.3 is 15.0 Å². The van der Waals surface area contributed by atoms with E-state index in [1.807, 2.05) is 24.3 Å². The molecule has 1 aliphatic rings. The molecule has 5 nitrogen and oxygen atoms in total. The Bertz CT molecular complexity index is 579. The summed E-state index contributed by atoms with van der Waals surface area (Å²) in [6.07, 6.45) is 5.14. The second kappa shape index (κ2) is 6.26. The molecule has 1 saturated carbocycles. The van der Waals surface area contributed by atoms with Gasteiger partial charge in [0.05, 0.1) is 13.0 Å². The summed E-state index contributed by atoms with van der Waals surface area (Å²) in [5.41, 5.74) is 7.30. The van der Waals surface area contributed by atoms with Gasteiger partial charge in [-0.1, -0.05) is 30.1 Å². The summed E-state index contributed by atoms with van der Waals surface area (Å²) >= 11 is 0. The van der Waals surface area contributed by atoms with E-state index in [0.29, 0.717) is 18.1 Å². The normalized spacial score (nSPS) is 22.2. The van der Waals surface area contributed by atoms with Crippen LogP contribution < -0.4 is 10.5 Å². The maximum Gasteiger partial charge on any atom is 0.231 e. The van der Waals surface area contributed by atoms with E-state index in [4.69, 9.17) is 15.0 Å². The van der Waals surface area contributed by atoms with Crippen LogP contribution in [-0.2, 0) is 6.42 Å². The molecule has 0 amide bonds. The summed E-state index contributed by atoms with van der Waals surface area (Å²) in [6, 6.07) is 8.05. The first-order chi connectivity index (χ1) is 10.3. The zero-order valence-electron chi connectivity index (χ0n) is 12.3. The van der Waals surface area contributed by atoms with Gasteiger partial charge in [-0.2, -0.15) is 4.98 Å². The maximum absolute atomic E-state index is 6.16. The number of nitrogens with two attached hydrogens (primary N) is 1. The summed E-state index contributed by atoms with van der Waals surface area (Å²) in [6.45, 7) is 0. The predicted octanol–water partition coefficient (Wildman–Crippen LogP) is 2.65. The zero-order valence-corrected chi connectivity index (χ0v) is 12.3. The van der Waals surface area contributed by atoms with Crippen LogP contribution in [0.4, 0.5) is 0 Å². The second-order valence-corrected chi connectivity index (χ2v) is 5.63. The molecular weight excluding hydrogens is 266 g/mol. The van der Waals surface area contributed by atoms with Crippen LogP contribution in [0.5, 0.6) is 5.75 Å². The van der Waals surface area contributed by atoms with Crippen LogP contribution in [0.1, 0.15) is 48.9 Å². The van der Waals surface area contributed by atoms with Gasteiger partial charge in [0.25, 0.3) is 0 Å². The molecule has 21 heavy (non-hydrogen) atoms. The molecule has 1 aliphatic carbocycles. The van der Waals surface area contributed by atoms with E-state index in [1.165, 1.54) is 12.8 Å². The van der Waals surface area contributed by atoms with Crippen LogP contribution in [0.15, 0.2) is 28.8 Å². The van der Waals surface area contributed by atoms with Crippen molar-refractivity contribution < 1.29 is 9.26 Å². The molecule has 1 heterocycles. The Labute approximate surface area is 124 Å². The Hall–Kier alpha value is -1.88. The topological polar surface area (TPSA) is 74.2 Å². The van der Waals surface area contributed by atoms with Gasteiger partial charge in [-0.15, -0.1) is 0 Å². The van der Waals surface area contributed by atoms with Crippen molar-refractivity contribution >= 4 is 0 Å². The molecule has 0 spiro atoms. The molecular formula is C16H21N3O2. The van der Waals surface area contributed by atoms with Gasteiger partial charge in [0.15, 0.2) is 5.82 Å². The van der Waals surface area contributed by atoms with Crippen molar-refractivity contribution in [2.45, 2.75) is 44.1 Å². The molecule has 2 atom stereocenters. The lowest BCUT2D eigenvalue weighted by Crippen LogP contribution is -2.31. The Balaban J connectivity index is 1.69. The highest BCUT2D eigenvalue weighted by Gasteiger charge is 2.28. The van der Waals surface area contributed by atoms with Crippen molar-refractivity contribution in [2.75, 3.05) is 7.11 Å². The van der Waals surface area contributed by atoms with Gasteiger partial charge in [0.2, 0.25) is 5.89 Å². The number of hydrogen-bond acceptors (Lipinski definition) is 5. The van der Waals surface area contributed by atoms with Gasteiger partial charge >= 0.3 is 0 Å². The van der Waals surface area contributed by atoms with Crippen LogP contribution in [0.2, 0.25) is 0 Å². The summed E-state index contributed by atoms with van der Waals surface area (Å²) in [7, 11) is 1.66. The Kier molecular flexibility index (Phi) is 4.20. The number of ether oxygens (including phenoxy) is 1. The summed E-state index contributed by atoms with van der Waals surface area (Å²) in [5, 5.41) is 4.09. The molecule has 2 unspecified atom stereocenters. The minimum atomic E-state index is 0.146. The fourth-order valence-electron chi connectivity index (χ4n) is 2.88. The average Bonchev–Trinajstić information content (AvgIpc) is 2.97. The molecule has 1 fully saturated rings. The van der Waals surface area contributed by atoms with Crippen LogP contribution in [0.3, 0.4) is 0 Å². The fourth-order valence-corrected chi connectivity index (χ4v) is 2.88. The van der Waals surface area contributed by atoms with Crippen molar-refractivity contribution in [3.63, 3.8) is 0 Å². The smallest absolute Gasteiger partial charge is 0.231 e. The van der Waals surface area contributed by atoms with Gasteiger partial charge in [-0.3, -0.25) is 0 Å². The second-order valence-electron chi connectivity index (χ2n) is 5.63. The van der Waals surface area contributed by atoms with Crippen molar-refractivity contribution in [2.24, 2.45) is 5.73 Å². The number of hydrogen-bond donors (Lipinski definition) is 1. The third kappa shape index (κ3) is 3.24. The number of rotatable bonds is 4. The summed E-state index contributed by atoms with van der Waals surface area (Å²) in [4.78, 5) is 4.53. The summed E-state index contributed by atoms with van der Waals surface area (Å²) in [5.74, 6) is 2.48. The lowest BCUT2D eigenvalue weighted by Gasteiger charge is -2.25. The molecule has 0 radical (unpaired) electrons. The van der Waals surface area contributed by atoms with E-state index in [2.05, 4.69) is 10.1 Å². The van der Waals surface area contributed by atoms with Crippen molar-refractivity contribution in [1.29, 1.82) is 0 Å². The zero-order chi connectivity index (χ0) is 14.7. The Morgan fingerprint density at radius 1 is 1.24 bits per heavy atom. The molecule has 1 aromatic carbocycles. The molecule has 112 valence electrons. The van der Waals surface area contributed by atoms with Crippen molar-refractivity contribution in [3.8, 4) is 5.75 Å². The van der Waals surface area contributed by atoms with E-state index in [1.54, 1.807) is 7.11 Å². The van der Waals surface area contributed by atoms with Crippen LogP contribution in [-0.4, -0.2) is 23.3 Å². The largest absolute Gasteiger partial charge is 0.497 e. The first kappa shape index (κ1) is 14.1. The minimum absolute atomic E-state index is 0.146. The van der Waals surface area contributed by atoms with E-state index in [9.17, 15) is 0 Å². The number of benzene rings is 1. The molecule has 5 heteroatoms. The molecule has 1 aromatic heterocycles. The van der Waals surface area contributed by atoms with E-state index in [-0.39, 0.29) is 12.0 Å². The number of aromatic nitrogens is 2. The quantitative estimate of drug-likeness (QED) is 0.935. The maximum atomic E-state index is 6.16. The highest BCUT2D eigenvalue weighted by atomic mass is 16.5. The lowest BCUT2D eigenvalue weighted by molar-refractivity contribution is 0.289. The SMILES string of the molecule is COc1ccc(Cc2noc(C3CCCCC3N)n2)cc1. The number of methoxy groups -OCH3 is 1. The van der Waals surface area contributed by atoms with Crippen LogP contribution in [0.25, 0.3) is 0 Å². The van der Waals surface area contributed by atoms with Gasteiger partial charge in [0.1, 0.15) is 5.75 Å². The average molecular weight is 287 g/mol. The highest BCUT2D eigenvalue weighted by molar-refractivity contribution is 5.28. The first-order valence-corrected chi connectivity index (χ1v) is 7.47. The van der Waals surface area contributed by atoms with E-state index >= 15 is 0 Å². The third-order valence-electron chi connectivity index (χ3n) is 4.14. The summed E-state index contributed by atoms with van der Waals surface area (Å²) < 4.78 is 10.6. The van der Waals surface area contributed by atoms with Gasteiger partial charge in [-0.05, 0) is 30.5 Å². The Morgan fingerprint density at radius 3 is 2.71 bits per heavy atom. The third-order valence-corrected chi connectivity index (χ3v) is 4.14. The molecule has 0 aliphatic heterocycles. The van der Waals surface area contributed by atoms with Gasteiger partial charge in [-0.25, -0.2) is 0 Å². The number of nitrogens with zero attached hydrogens (tertiary/aromatic N) is 2. The minimum Gasteiger partial charge on any atom is -0.497 e. The molecule has 2 aromatic rings. The first-order valence-electron chi connectivity index (χ1n) is 7.47. The van der Waals surface area contributed by atoms with Gasteiger partial charge in [0, 0.05) is 12.5 Å². The van der Waals surface area contributed by atoms with E-state index in [0.717, 1.165) is 24.2 Å². The molecule has 3 rings (SSSR count). The Morgan fingerprint density at radius 2 is 2.00 bits per heavy atom. The monoisotopic (exact) mass is 287 g/mol. The molecule has 0 saturated heterocycles. The molecule has 0 bridgehead atoms. The van der Waals surface area contributed by atoms with Crippen LogP contribution in [0, 0.1) is 0 Å². The lowest BCUT2D eigenvalue weighted by atomic mass is 9.85. The van der Waals surface area contributed by atoms with Crippen molar-refractivity contribution in [1.82, 2.24) is 10.1 Å². The molecule has 2 N–H and O–H groups in total. The highest BCUT2D eigenvalue weighted by Crippen LogP contribution is 2.31. The van der Waals surface area contributed by atoms with Crippen LogP contribution >= 0.6 is 0 Å². The van der Waals surface area contributed by atoms with Crippen molar-refractivity contribution in [3.05, 3.63) is 41.5 Å². The van der Waals surface area contributed by atoms with E-state index < -0.39 is 0 Å². The standard InChI is InChI=1S/C16H21N3O2/c1-20-12-8-6-11(7-9-12)10-15-18-16(21-19-15)13-4-2-3-5-14(13)17/h6-9,13-14H,2-5,10,17H2,1H3.